The van der Waals surface area contributed by atoms with Crippen LogP contribution in [0.25, 0.3) is 0 Å². The maximum Gasteiger partial charge on any atom is 0.254 e. The van der Waals surface area contributed by atoms with Gasteiger partial charge in [0.05, 0.1) is 8.45 Å². The quantitative estimate of drug-likeness (QED) is 0.818. The molecule has 0 unspecified atom stereocenters. The Balaban J connectivity index is 2.10. The molecule has 1 amide bonds. The van der Waals surface area contributed by atoms with Crippen molar-refractivity contribution >= 4 is 39.8 Å². The van der Waals surface area contributed by atoms with E-state index in [0.717, 1.165) is 44.5 Å². The summed E-state index contributed by atoms with van der Waals surface area (Å²) in [7, 11) is 0. The van der Waals surface area contributed by atoms with E-state index in [2.05, 4.69) is 39.7 Å². The highest BCUT2D eigenvalue weighted by Gasteiger charge is 2.25. The Kier molecular flexibility index (Phi) is 5.44. The van der Waals surface area contributed by atoms with Gasteiger partial charge < -0.3 is 10.2 Å². The van der Waals surface area contributed by atoms with Crippen molar-refractivity contribution in [3.8, 4) is 0 Å². The van der Waals surface area contributed by atoms with Gasteiger partial charge in [0.2, 0.25) is 0 Å². The summed E-state index contributed by atoms with van der Waals surface area (Å²) >= 11 is 3.91. The number of nitrogens with zero attached hydrogens (tertiary/aromatic N) is 1. The third-order valence-electron chi connectivity index (χ3n) is 3.29. The van der Waals surface area contributed by atoms with Crippen molar-refractivity contribution in [3.05, 3.63) is 19.9 Å². The third-order valence-corrected chi connectivity index (χ3v) is 5.08. The predicted molar refractivity (Wildman–Crippen MR) is 84.3 cm³/mol. The van der Waals surface area contributed by atoms with Crippen molar-refractivity contribution < 1.29 is 4.79 Å². The summed E-state index contributed by atoms with van der Waals surface area (Å²) in [4.78, 5) is 14.6. The van der Waals surface area contributed by atoms with Gasteiger partial charge in [0.1, 0.15) is 0 Å². The molecule has 0 radical (unpaired) electrons. The lowest BCUT2D eigenvalue weighted by atomic mass is 10.0. The van der Waals surface area contributed by atoms with Crippen LogP contribution >= 0.6 is 33.9 Å². The van der Waals surface area contributed by atoms with Crippen molar-refractivity contribution in [2.75, 3.05) is 19.6 Å². The second-order valence-corrected chi connectivity index (χ2v) is 7.42. The Hall–Kier alpha value is -0.140. The number of hydrogen-bond donors (Lipinski definition) is 1. The van der Waals surface area contributed by atoms with Crippen LogP contribution in [-0.4, -0.2) is 36.5 Å². The molecule has 1 aliphatic heterocycles. The molecule has 0 aliphatic carbocycles. The second-order valence-electron chi connectivity index (χ2n) is 4.62. The van der Waals surface area contributed by atoms with E-state index in [0.29, 0.717) is 6.04 Å². The molecular weight excluding hydrogens is 359 g/mol. The maximum absolute atomic E-state index is 12.6. The molecule has 0 aromatic carbocycles. The molecule has 1 aromatic heterocycles. The van der Waals surface area contributed by atoms with Gasteiger partial charge in [-0.1, -0.05) is 6.92 Å². The SMILES string of the molecule is CCCN(C(=O)c1csc(I)c1)C1CCNCC1. The largest absolute Gasteiger partial charge is 0.336 e. The normalized spacial score (nSPS) is 16.8. The van der Waals surface area contributed by atoms with Crippen LogP contribution in [0.2, 0.25) is 0 Å². The van der Waals surface area contributed by atoms with Gasteiger partial charge in [0, 0.05) is 18.0 Å². The molecular formula is C13H19IN2OS. The zero-order valence-electron chi connectivity index (χ0n) is 10.6. The van der Waals surface area contributed by atoms with E-state index in [1.54, 1.807) is 11.3 Å². The van der Waals surface area contributed by atoms with Gasteiger partial charge in [-0.05, 0) is 61.0 Å². The lowest BCUT2D eigenvalue weighted by molar-refractivity contribution is 0.0643. The highest BCUT2D eigenvalue weighted by atomic mass is 127. The molecule has 100 valence electrons. The van der Waals surface area contributed by atoms with Gasteiger partial charge in [-0.2, -0.15) is 0 Å². The monoisotopic (exact) mass is 378 g/mol. The van der Waals surface area contributed by atoms with Crippen LogP contribution in [0, 0.1) is 2.88 Å². The molecule has 1 N–H and O–H groups in total. The van der Waals surface area contributed by atoms with E-state index in [9.17, 15) is 4.79 Å². The number of thiophene rings is 1. The number of carbonyl (C=O) groups is 1. The van der Waals surface area contributed by atoms with Gasteiger partial charge >= 0.3 is 0 Å². The smallest absolute Gasteiger partial charge is 0.254 e. The molecule has 1 aliphatic rings. The number of rotatable bonds is 4. The van der Waals surface area contributed by atoms with Crippen molar-refractivity contribution in [1.29, 1.82) is 0 Å². The lowest BCUT2D eigenvalue weighted by Gasteiger charge is -2.34. The Bertz CT molecular complexity index is 401. The molecule has 3 nitrogen and oxygen atoms in total. The van der Waals surface area contributed by atoms with Crippen molar-refractivity contribution in [3.63, 3.8) is 0 Å². The fourth-order valence-electron chi connectivity index (χ4n) is 2.40. The van der Waals surface area contributed by atoms with Gasteiger partial charge in [-0.15, -0.1) is 11.3 Å². The van der Waals surface area contributed by atoms with Crippen molar-refractivity contribution in [2.45, 2.75) is 32.2 Å². The van der Waals surface area contributed by atoms with E-state index in [4.69, 9.17) is 0 Å². The predicted octanol–water partition coefficient (Wildman–Crippen LogP) is 2.96. The summed E-state index contributed by atoms with van der Waals surface area (Å²) in [5.74, 6) is 0.211. The molecule has 1 saturated heterocycles. The summed E-state index contributed by atoms with van der Waals surface area (Å²) in [6, 6.07) is 2.41. The van der Waals surface area contributed by atoms with Gasteiger partial charge in [0.15, 0.2) is 0 Å². The van der Waals surface area contributed by atoms with Crippen molar-refractivity contribution in [1.82, 2.24) is 10.2 Å². The molecule has 0 spiro atoms. The van der Waals surface area contributed by atoms with Crippen LogP contribution in [0.15, 0.2) is 11.4 Å². The van der Waals surface area contributed by atoms with E-state index >= 15 is 0 Å². The van der Waals surface area contributed by atoms with E-state index < -0.39 is 0 Å². The number of nitrogens with one attached hydrogen (secondary N) is 1. The van der Waals surface area contributed by atoms with Crippen LogP contribution in [-0.2, 0) is 0 Å². The van der Waals surface area contributed by atoms with Crippen LogP contribution in [0.5, 0.6) is 0 Å². The number of halogens is 1. The molecule has 2 heterocycles. The fraction of sp³-hybridized carbons (Fsp3) is 0.615. The van der Waals surface area contributed by atoms with Gasteiger partial charge in [-0.3, -0.25) is 4.79 Å². The number of hydrogen-bond acceptors (Lipinski definition) is 3. The van der Waals surface area contributed by atoms with Crippen LogP contribution in [0.3, 0.4) is 0 Å². The van der Waals surface area contributed by atoms with Crippen LogP contribution < -0.4 is 5.32 Å². The average molecular weight is 378 g/mol. The Labute approximate surface area is 126 Å². The fourth-order valence-corrected chi connectivity index (χ4v) is 3.72. The third kappa shape index (κ3) is 3.45. The molecule has 0 atom stereocenters. The Morgan fingerprint density at radius 2 is 2.28 bits per heavy atom. The zero-order valence-corrected chi connectivity index (χ0v) is 13.6. The van der Waals surface area contributed by atoms with Crippen molar-refractivity contribution in [2.24, 2.45) is 0 Å². The number of piperidine rings is 1. The summed E-state index contributed by atoms with van der Waals surface area (Å²) in [5, 5.41) is 5.34. The molecule has 5 heteroatoms. The number of amides is 1. The highest BCUT2D eigenvalue weighted by Crippen LogP contribution is 2.21. The second kappa shape index (κ2) is 6.86. The standard InChI is InChI=1S/C13H19IN2OS/c1-2-7-16(11-3-5-15-6-4-11)13(17)10-8-12(14)18-9-10/h8-9,11,15H,2-7H2,1H3. The van der Waals surface area contributed by atoms with E-state index in [-0.39, 0.29) is 5.91 Å². The Morgan fingerprint density at radius 3 is 2.83 bits per heavy atom. The molecule has 0 bridgehead atoms. The molecule has 18 heavy (non-hydrogen) atoms. The highest BCUT2D eigenvalue weighted by molar-refractivity contribution is 14.1. The first-order valence-electron chi connectivity index (χ1n) is 6.48. The minimum Gasteiger partial charge on any atom is -0.336 e. The molecule has 2 rings (SSSR count). The summed E-state index contributed by atoms with van der Waals surface area (Å²) in [6.07, 6.45) is 3.18. The molecule has 1 fully saturated rings. The van der Waals surface area contributed by atoms with E-state index in [1.807, 2.05) is 11.4 Å². The minimum absolute atomic E-state index is 0.211. The number of carbonyl (C=O) groups excluding carboxylic acids is 1. The van der Waals surface area contributed by atoms with Gasteiger partial charge in [-0.25, -0.2) is 0 Å². The summed E-state index contributed by atoms with van der Waals surface area (Å²) in [6.45, 7) is 5.06. The lowest BCUT2D eigenvalue weighted by Crippen LogP contribution is -2.46. The first-order valence-corrected chi connectivity index (χ1v) is 8.44. The molecule has 1 aromatic rings. The van der Waals surface area contributed by atoms with Gasteiger partial charge in [0.25, 0.3) is 5.91 Å². The Morgan fingerprint density at radius 1 is 1.56 bits per heavy atom. The summed E-state index contributed by atoms with van der Waals surface area (Å²) in [5.41, 5.74) is 0.858. The maximum atomic E-state index is 12.6. The van der Waals surface area contributed by atoms with Crippen LogP contribution in [0.1, 0.15) is 36.5 Å². The van der Waals surface area contributed by atoms with E-state index in [1.165, 1.54) is 2.88 Å². The minimum atomic E-state index is 0.211. The zero-order chi connectivity index (χ0) is 13.0. The topological polar surface area (TPSA) is 32.3 Å². The summed E-state index contributed by atoms with van der Waals surface area (Å²) < 4.78 is 1.18. The van der Waals surface area contributed by atoms with Crippen LogP contribution in [0.4, 0.5) is 0 Å². The molecule has 0 saturated carbocycles. The first-order chi connectivity index (χ1) is 8.72. The average Bonchev–Trinajstić information content (AvgIpc) is 2.83. The first kappa shape index (κ1) is 14.3.